The summed E-state index contributed by atoms with van der Waals surface area (Å²) in [5.74, 6) is 0.629. The van der Waals surface area contributed by atoms with Crippen LogP contribution in [0.25, 0.3) is 0 Å². The molecule has 4 aromatic rings. The molecule has 10 heteroatoms. The summed E-state index contributed by atoms with van der Waals surface area (Å²) in [4.78, 5) is 0.272. The summed E-state index contributed by atoms with van der Waals surface area (Å²) < 4.78 is 67.4. The van der Waals surface area contributed by atoms with E-state index in [2.05, 4.69) is 0 Å². The van der Waals surface area contributed by atoms with E-state index >= 15 is 0 Å². The molecule has 0 aliphatic carbocycles. The van der Waals surface area contributed by atoms with Crippen LogP contribution in [0.5, 0.6) is 0 Å². The molecular weight excluding hydrogens is 628 g/mol. The highest BCUT2D eigenvalue weighted by atomic mass is 35.5. The monoisotopic (exact) mass is 662 g/mol. The lowest BCUT2D eigenvalue weighted by Crippen LogP contribution is -2.54. The van der Waals surface area contributed by atoms with E-state index in [1.807, 2.05) is 74.5 Å². The van der Waals surface area contributed by atoms with Crippen LogP contribution in [0.1, 0.15) is 48.5 Å². The van der Waals surface area contributed by atoms with Crippen LogP contribution >= 0.6 is 11.6 Å². The van der Waals surface area contributed by atoms with E-state index in [-0.39, 0.29) is 29.2 Å². The lowest BCUT2D eigenvalue weighted by Gasteiger charge is -2.49. The molecule has 2 heterocycles. The Morgan fingerprint density at radius 1 is 0.733 bits per heavy atom. The van der Waals surface area contributed by atoms with Gasteiger partial charge < -0.3 is 4.74 Å². The highest BCUT2D eigenvalue weighted by Gasteiger charge is 2.51. The second-order valence-electron chi connectivity index (χ2n) is 11.3. The highest BCUT2D eigenvalue weighted by molar-refractivity contribution is 7.89. The first kappa shape index (κ1) is 31.5. The predicted molar refractivity (Wildman–Crippen MR) is 176 cm³/mol. The number of rotatable bonds is 8. The highest BCUT2D eigenvalue weighted by Crippen LogP contribution is 2.49. The van der Waals surface area contributed by atoms with E-state index in [1.165, 1.54) is 16.4 Å². The Balaban J connectivity index is 1.56. The number of nitrogens with zero attached hydrogens (tertiary/aromatic N) is 2. The summed E-state index contributed by atoms with van der Waals surface area (Å²) >= 11 is 6.24. The lowest BCUT2D eigenvalue weighted by molar-refractivity contribution is 0.118. The Bertz CT molecular complexity index is 1920. The molecule has 3 atom stereocenters. The maximum Gasteiger partial charge on any atom is 0.244 e. The zero-order valence-electron chi connectivity index (χ0n) is 25.1. The summed E-state index contributed by atoms with van der Waals surface area (Å²) in [6.45, 7) is 4.13. The average Bonchev–Trinajstić information content (AvgIpc) is 3.05. The number of fused-ring (bicyclic) bond motifs is 1. The second-order valence-corrected chi connectivity index (χ2v) is 15.5. The van der Waals surface area contributed by atoms with E-state index in [0.717, 1.165) is 16.7 Å². The predicted octanol–water partition coefficient (Wildman–Crippen LogP) is 7.28. The third-order valence-electron chi connectivity index (χ3n) is 8.56. The first-order chi connectivity index (χ1) is 21.6. The van der Waals surface area contributed by atoms with E-state index in [4.69, 9.17) is 16.3 Å². The van der Waals surface area contributed by atoms with Crippen molar-refractivity contribution in [3.05, 3.63) is 142 Å². The van der Waals surface area contributed by atoms with E-state index in [9.17, 15) is 16.8 Å². The van der Waals surface area contributed by atoms with Gasteiger partial charge in [-0.2, -0.15) is 8.61 Å². The molecule has 234 valence electrons. The standard InChI is InChI=1S/C35H35ClN2O5S2/c1-3-43-35-23-33(27-13-8-5-9-14-27)38(45(41,42)29-19-17-25(2)18-20-29)34-22-32(26-11-6-4-7-12-26)37(24-31(34)35)44(39,40)30-16-10-15-28(36)21-30/h4-21,32-34H,3,22-24H2,1-2H3/t32-,33-,34-/m0/s1. The zero-order valence-corrected chi connectivity index (χ0v) is 27.5. The Hall–Kier alpha value is -3.47. The number of halogens is 1. The fourth-order valence-electron chi connectivity index (χ4n) is 6.43. The van der Waals surface area contributed by atoms with Gasteiger partial charge in [0.25, 0.3) is 0 Å². The van der Waals surface area contributed by atoms with Gasteiger partial charge in [-0.05, 0) is 61.7 Å². The number of hydrogen-bond donors (Lipinski definition) is 0. The van der Waals surface area contributed by atoms with Crippen molar-refractivity contribution in [2.75, 3.05) is 13.2 Å². The lowest BCUT2D eigenvalue weighted by atomic mass is 9.84. The van der Waals surface area contributed by atoms with Crippen molar-refractivity contribution in [2.24, 2.45) is 0 Å². The van der Waals surface area contributed by atoms with Crippen molar-refractivity contribution in [1.82, 2.24) is 8.61 Å². The van der Waals surface area contributed by atoms with Crippen molar-refractivity contribution in [3.8, 4) is 0 Å². The van der Waals surface area contributed by atoms with E-state index in [0.29, 0.717) is 23.0 Å². The number of aryl methyl sites for hydroxylation is 1. The molecule has 6 rings (SSSR count). The molecule has 0 saturated carbocycles. The Morgan fingerprint density at radius 2 is 1.36 bits per heavy atom. The number of sulfonamides is 2. The molecule has 0 N–H and O–H groups in total. The third-order valence-corrected chi connectivity index (χ3v) is 12.6. The quantitative estimate of drug-likeness (QED) is 0.198. The van der Waals surface area contributed by atoms with Crippen LogP contribution in [-0.2, 0) is 24.8 Å². The largest absolute Gasteiger partial charge is 0.498 e. The molecular formula is C35H35ClN2O5S2. The van der Waals surface area contributed by atoms with Gasteiger partial charge in [0.15, 0.2) is 0 Å². The Kier molecular flexibility index (Phi) is 8.91. The summed E-state index contributed by atoms with van der Waals surface area (Å²) in [5, 5.41) is 0.315. The van der Waals surface area contributed by atoms with Crippen molar-refractivity contribution in [3.63, 3.8) is 0 Å². The minimum Gasteiger partial charge on any atom is -0.498 e. The SMILES string of the molecule is CCOC1=C2CN(S(=O)(=O)c3cccc(Cl)c3)[C@H](c3ccccc3)C[C@@H]2N(S(=O)(=O)c2ccc(C)cc2)[C@H](c2ccccc2)C1. The number of hydrogen-bond acceptors (Lipinski definition) is 5. The fraction of sp³-hybridized carbons (Fsp3) is 0.257. The molecule has 2 aliphatic rings. The van der Waals surface area contributed by atoms with Crippen LogP contribution in [0.2, 0.25) is 5.02 Å². The molecule has 2 aliphatic heterocycles. The second kappa shape index (κ2) is 12.7. The first-order valence-corrected chi connectivity index (χ1v) is 18.2. The topological polar surface area (TPSA) is 84.0 Å². The summed E-state index contributed by atoms with van der Waals surface area (Å²) in [5.41, 5.74) is 3.22. The van der Waals surface area contributed by atoms with Gasteiger partial charge in [0.05, 0.1) is 40.3 Å². The van der Waals surface area contributed by atoms with Crippen LogP contribution in [0, 0.1) is 6.92 Å². The molecule has 0 amide bonds. The Labute approximate surface area is 270 Å². The van der Waals surface area contributed by atoms with Crippen LogP contribution in [0.3, 0.4) is 0 Å². The maximum atomic E-state index is 14.7. The van der Waals surface area contributed by atoms with Crippen LogP contribution in [-0.4, -0.2) is 44.6 Å². The summed E-state index contributed by atoms with van der Waals surface area (Å²) in [7, 11) is -8.10. The average molecular weight is 663 g/mol. The van der Waals surface area contributed by atoms with Crippen LogP contribution in [0.4, 0.5) is 0 Å². The summed E-state index contributed by atoms with van der Waals surface area (Å²) in [6, 6.07) is 30.2. The van der Waals surface area contributed by atoms with Crippen LogP contribution in [0.15, 0.2) is 130 Å². The third kappa shape index (κ3) is 6.07. The Morgan fingerprint density at radius 3 is 1.96 bits per heavy atom. The van der Waals surface area contributed by atoms with E-state index < -0.39 is 38.2 Å². The normalized spacial score (nSPS) is 21.4. The van der Waals surface area contributed by atoms with Crippen molar-refractivity contribution in [1.29, 1.82) is 0 Å². The van der Waals surface area contributed by atoms with Crippen molar-refractivity contribution < 1.29 is 21.6 Å². The van der Waals surface area contributed by atoms with Crippen LogP contribution < -0.4 is 0 Å². The van der Waals surface area contributed by atoms with Gasteiger partial charge in [-0.25, -0.2) is 16.8 Å². The fourth-order valence-corrected chi connectivity index (χ4v) is 10.1. The maximum absolute atomic E-state index is 14.7. The molecule has 7 nitrogen and oxygen atoms in total. The molecule has 0 aromatic heterocycles. The number of piperidine rings is 1. The minimum atomic E-state index is -4.06. The van der Waals surface area contributed by atoms with Gasteiger partial charge in [0.1, 0.15) is 0 Å². The number of benzene rings is 4. The van der Waals surface area contributed by atoms with Gasteiger partial charge in [-0.3, -0.25) is 0 Å². The van der Waals surface area contributed by atoms with Gasteiger partial charge in [-0.1, -0.05) is 96.0 Å². The number of ether oxygens (including phenoxy) is 1. The molecule has 0 spiro atoms. The van der Waals surface area contributed by atoms with Gasteiger partial charge in [-0.15, -0.1) is 0 Å². The molecule has 4 aromatic carbocycles. The molecule has 1 fully saturated rings. The zero-order chi connectivity index (χ0) is 31.8. The molecule has 0 unspecified atom stereocenters. The molecule has 0 bridgehead atoms. The first-order valence-electron chi connectivity index (χ1n) is 14.9. The molecule has 45 heavy (non-hydrogen) atoms. The molecule has 1 saturated heterocycles. The van der Waals surface area contributed by atoms with E-state index in [1.54, 1.807) is 40.7 Å². The van der Waals surface area contributed by atoms with Gasteiger partial charge >= 0.3 is 0 Å². The van der Waals surface area contributed by atoms with Gasteiger partial charge in [0.2, 0.25) is 20.0 Å². The van der Waals surface area contributed by atoms with Crippen molar-refractivity contribution >= 4 is 31.6 Å². The smallest absolute Gasteiger partial charge is 0.244 e. The summed E-state index contributed by atoms with van der Waals surface area (Å²) in [6.07, 6.45) is 0.472. The minimum absolute atomic E-state index is 0.0319. The van der Waals surface area contributed by atoms with Gasteiger partial charge in [0, 0.05) is 23.6 Å². The molecule has 0 radical (unpaired) electrons. The van der Waals surface area contributed by atoms with Crippen molar-refractivity contribution in [2.45, 2.75) is 54.6 Å².